The Morgan fingerprint density at radius 1 is 0.268 bits per heavy atom. The predicted octanol–water partition coefficient (Wildman–Crippen LogP) is 12.9. The smallest absolute Gasteiger partial charge is 0.123 e. The minimum atomic E-state index is -0.125. The maximum atomic E-state index is 11.1. The highest BCUT2D eigenvalue weighted by molar-refractivity contribution is 5.75. The molecule has 0 atom stereocenters. The van der Waals surface area contributed by atoms with E-state index in [0.29, 0.717) is 12.8 Å². The molecule has 274 valence electrons. The van der Waals surface area contributed by atoms with Gasteiger partial charge in [-0.05, 0) is 106 Å². The minimum absolute atomic E-state index is 0.125. The summed E-state index contributed by atoms with van der Waals surface area (Å²) in [6, 6.07) is 63.1. The van der Waals surface area contributed by atoms with Crippen molar-refractivity contribution in [2.24, 2.45) is 0 Å². The van der Waals surface area contributed by atoms with E-state index >= 15 is 0 Å². The molecule has 0 radical (unpaired) electrons. The normalized spacial score (nSPS) is 11.2. The van der Waals surface area contributed by atoms with E-state index in [0.717, 1.165) is 66.8 Å². The van der Waals surface area contributed by atoms with Crippen molar-refractivity contribution in [3.63, 3.8) is 0 Å². The fourth-order valence-corrected chi connectivity index (χ4v) is 7.86. The number of hydrogen-bond donors (Lipinski definition) is 4. The topological polar surface area (TPSA) is 80.9 Å². The van der Waals surface area contributed by atoms with E-state index in [-0.39, 0.29) is 34.8 Å². The summed E-state index contributed by atoms with van der Waals surface area (Å²) in [5, 5.41) is 44.4. The van der Waals surface area contributed by atoms with Crippen LogP contribution in [0.5, 0.6) is 23.0 Å². The van der Waals surface area contributed by atoms with E-state index in [1.54, 1.807) is 24.3 Å². The van der Waals surface area contributed by atoms with Gasteiger partial charge < -0.3 is 20.4 Å². The van der Waals surface area contributed by atoms with Crippen LogP contribution >= 0.6 is 0 Å². The molecule has 0 spiro atoms. The Bertz CT molecular complexity index is 2210. The predicted molar refractivity (Wildman–Crippen MR) is 227 cm³/mol. The largest absolute Gasteiger partial charge is 0.507 e. The molecule has 8 aromatic rings. The molecule has 56 heavy (non-hydrogen) atoms. The fourth-order valence-electron chi connectivity index (χ4n) is 7.86. The zero-order valence-electron chi connectivity index (χ0n) is 30.8. The van der Waals surface area contributed by atoms with Crippen molar-refractivity contribution in [3.8, 4) is 67.5 Å². The number of phenols is 4. The van der Waals surface area contributed by atoms with Gasteiger partial charge in [0.25, 0.3) is 0 Å². The molecule has 4 nitrogen and oxygen atoms in total. The summed E-state index contributed by atoms with van der Waals surface area (Å²) in [4.78, 5) is 0. The molecule has 0 aliphatic carbocycles. The molecule has 0 saturated carbocycles. The SMILES string of the molecule is Oc1ccc(C(CCC(c2ccc(O)c(-c3ccccc3)c2)c2ccc(O)c(-c3ccccc3)c2)c2ccc(O)c(-c3ccccc3)c2)cc1-c1ccccc1. The van der Waals surface area contributed by atoms with E-state index in [4.69, 9.17) is 0 Å². The van der Waals surface area contributed by atoms with Crippen molar-refractivity contribution in [1.82, 2.24) is 0 Å². The number of rotatable bonds is 11. The molecule has 0 aromatic heterocycles. The molecular formula is C52H42O4. The van der Waals surface area contributed by atoms with Crippen LogP contribution in [0.25, 0.3) is 44.5 Å². The summed E-state index contributed by atoms with van der Waals surface area (Å²) in [7, 11) is 0. The molecular weight excluding hydrogens is 689 g/mol. The van der Waals surface area contributed by atoms with Crippen molar-refractivity contribution < 1.29 is 20.4 Å². The van der Waals surface area contributed by atoms with Crippen LogP contribution in [0, 0.1) is 0 Å². The monoisotopic (exact) mass is 730 g/mol. The van der Waals surface area contributed by atoms with E-state index in [1.165, 1.54) is 0 Å². The zero-order valence-corrected chi connectivity index (χ0v) is 30.8. The van der Waals surface area contributed by atoms with Gasteiger partial charge in [0.05, 0.1) is 0 Å². The van der Waals surface area contributed by atoms with Gasteiger partial charge in [-0.15, -0.1) is 0 Å². The van der Waals surface area contributed by atoms with Gasteiger partial charge in [0.15, 0.2) is 0 Å². The van der Waals surface area contributed by atoms with Gasteiger partial charge in [0.2, 0.25) is 0 Å². The summed E-state index contributed by atoms with van der Waals surface area (Å²) in [6.07, 6.45) is 1.40. The summed E-state index contributed by atoms with van der Waals surface area (Å²) in [5.41, 5.74) is 10.9. The number of phenolic OH excluding ortho intramolecular Hbond substituents is 4. The molecule has 0 amide bonds. The van der Waals surface area contributed by atoms with Crippen molar-refractivity contribution in [2.75, 3.05) is 0 Å². The van der Waals surface area contributed by atoms with Crippen molar-refractivity contribution >= 4 is 0 Å². The molecule has 8 rings (SSSR count). The summed E-state index contributed by atoms with van der Waals surface area (Å²) in [6.45, 7) is 0. The first-order chi connectivity index (χ1) is 27.4. The van der Waals surface area contributed by atoms with Gasteiger partial charge in [-0.2, -0.15) is 0 Å². The Morgan fingerprint density at radius 2 is 0.482 bits per heavy atom. The van der Waals surface area contributed by atoms with E-state index in [1.807, 2.05) is 146 Å². The van der Waals surface area contributed by atoms with Crippen LogP contribution < -0.4 is 0 Å². The zero-order chi connectivity index (χ0) is 38.4. The van der Waals surface area contributed by atoms with Gasteiger partial charge in [-0.1, -0.05) is 146 Å². The van der Waals surface area contributed by atoms with Crippen LogP contribution in [0.15, 0.2) is 194 Å². The number of aromatic hydroxyl groups is 4. The fraction of sp³-hybridized carbons (Fsp3) is 0.0769. The summed E-state index contributed by atoms with van der Waals surface area (Å²) in [5.74, 6) is 0.592. The second-order valence-corrected chi connectivity index (χ2v) is 14.3. The van der Waals surface area contributed by atoms with Crippen LogP contribution in [0.4, 0.5) is 0 Å². The third kappa shape index (κ3) is 7.64. The van der Waals surface area contributed by atoms with Crippen molar-refractivity contribution in [1.29, 1.82) is 0 Å². The average Bonchev–Trinajstić information content (AvgIpc) is 3.25. The first-order valence-electron chi connectivity index (χ1n) is 19.0. The van der Waals surface area contributed by atoms with Gasteiger partial charge in [0, 0.05) is 34.1 Å². The average molecular weight is 731 g/mol. The molecule has 0 aliphatic heterocycles. The summed E-state index contributed by atoms with van der Waals surface area (Å²) < 4.78 is 0. The lowest BCUT2D eigenvalue weighted by Gasteiger charge is -2.25. The second kappa shape index (κ2) is 16.1. The maximum absolute atomic E-state index is 11.1. The third-order valence-corrected chi connectivity index (χ3v) is 10.8. The molecule has 0 bridgehead atoms. The lowest BCUT2D eigenvalue weighted by molar-refractivity contribution is 0.475. The summed E-state index contributed by atoms with van der Waals surface area (Å²) >= 11 is 0. The number of hydrogen-bond acceptors (Lipinski definition) is 4. The van der Waals surface area contributed by atoms with Crippen LogP contribution in [0.2, 0.25) is 0 Å². The van der Waals surface area contributed by atoms with Gasteiger partial charge in [-0.25, -0.2) is 0 Å². The standard InChI is InChI=1S/C52H42O4/c53-49-27-21-39(31-45(49)35-13-5-1-6-14-35)43(40-22-28-50(54)46(32-40)36-15-7-2-8-16-36)25-26-44(41-23-29-51(55)47(33-41)37-17-9-3-10-18-37)42-24-30-52(56)48(34-42)38-19-11-4-12-20-38/h1-24,27-34,43-44,53-56H,25-26H2. The molecule has 0 aliphatic rings. The Kier molecular flexibility index (Phi) is 10.4. The van der Waals surface area contributed by atoms with E-state index in [9.17, 15) is 20.4 Å². The highest BCUT2D eigenvalue weighted by Gasteiger charge is 2.24. The highest BCUT2D eigenvalue weighted by Crippen LogP contribution is 2.44. The Hall–Kier alpha value is -7.04. The Labute approximate surface area is 327 Å². The van der Waals surface area contributed by atoms with E-state index in [2.05, 4.69) is 24.3 Å². The minimum Gasteiger partial charge on any atom is -0.507 e. The highest BCUT2D eigenvalue weighted by atomic mass is 16.3. The quantitative estimate of drug-likeness (QED) is 0.107. The molecule has 4 heteroatoms. The lowest BCUT2D eigenvalue weighted by atomic mass is 9.79. The molecule has 4 N–H and O–H groups in total. The van der Waals surface area contributed by atoms with Gasteiger partial charge >= 0.3 is 0 Å². The molecule has 0 fully saturated rings. The van der Waals surface area contributed by atoms with Crippen LogP contribution in [0.1, 0.15) is 46.9 Å². The molecule has 0 saturated heterocycles. The molecule has 0 unspecified atom stereocenters. The number of benzene rings is 8. The first-order valence-corrected chi connectivity index (χ1v) is 19.0. The first kappa shape index (κ1) is 36.0. The molecule has 0 heterocycles. The third-order valence-electron chi connectivity index (χ3n) is 10.8. The molecule has 8 aromatic carbocycles. The Balaban J connectivity index is 1.26. The maximum Gasteiger partial charge on any atom is 0.123 e. The van der Waals surface area contributed by atoms with Crippen LogP contribution in [0.3, 0.4) is 0 Å². The van der Waals surface area contributed by atoms with Crippen molar-refractivity contribution in [3.05, 3.63) is 216 Å². The van der Waals surface area contributed by atoms with Gasteiger partial charge in [-0.3, -0.25) is 0 Å². The van der Waals surface area contributed by atoms with Gasteiger partial charge in [0.1, 0.15) is 23.0 Å². The van der Waals surface area contributed by atoms with Crippen LogP contribution in [-0.4, -0.2) is 20.4 Å². The Morgan fingerprint density at radius 3 is 0.696 bits per heavy atom. The van der Waals surface area contributed by atoms with E-state index < -0.39 is 0 Å². The van der Waals surface area contributed by atoms with Crippen LogP contribution in [-0.2, 0) is 0 Å². The lowest BCUT2D eigenvalue weighted by Crippen LogP contribution is -2.08. The second-order valence-electron chi connectivity index (χ2n) is 14.3. The van der Waals surface area contributed by atoms with Crippen molar-refractivity contribution in [2.45, 2.75) is 24.7 Å².